The second-order valence-corrected chi connectivity index (χ2v) is 12.1. The van der Waals surface area contributed by atoms with Gasteiger partial charge in [-0.25, -0.2) is 0 Å². The summed E-state index contributed by atoms with van der Waals surface area (Å²) in [6.45, 7) is 16.8. The third-order valence-electron chi connectivity index (χ3n) is 6.94. The lowest BCUT2D eigenvalue weighted by Crippen LogP contribution is -2.12. The van der Waals surface area contributed by atoms with Crippen molar-refractivity contribution in [2.24, 2.45) is 9.98 Å². The van der Waals surface area contributed by atoms with E-state index in [9.17, 15) is 10.2 Å². The van der Waals surface area contributed by atoms with Crippen LogP contribution in [0, 0.1) is 13.8 Å². The van der Waals surface area contributed by atoms with Crippen molar-refractivity contribution in [2.45, 2.75) is 66.2 Å². The molecular formula is C34H38N2O2. The van der Waals surface area contributed by atoms with Crippen molar-refractivity contribution in [1.29, 1.82) is 0 Å². The van der Waals surface area contributed by atoms with Crippen LogP contribution in [0.2, 0.25) is 0 Å². The molecule has 196 valence electrons. The summed E-state index contributed by atoms with van der Waals surface area (Å²) in [6.07, 6.45) is 3.46. The van der Waals surface area contributed by atoms with E-state index < -0.39 is 0 Å². The van der Waals surface area contributed by atoms with Gasteiger partial charge in [-0.05, 0) is 76.6 Å². The fourth-order valence-corrected chi connectivity index (χ4v) is 4.47. The smallest absolute Gasteiger partial charge is 0.127 e. The Morgan fingerprint density at radius 2 is 1.00 bits per heavy atom. The molecule has 0 aliphatic carbocycles. The summed E-state index contributed by atoms with van der Waals surface area (Å²) in [5.74, 6) is 0.481. The van der Waals surface area contributed by atoms with Crippen molar-refractivity contribution in [2.75, 3.05) is 0 Å². The number of benzene rings is 4. The number of phenols is 2. The molecule has 0 spiro atoms. The summed E-state index contributed by atoms with van der Waals surface area (Å²) in [7, 11) is 0. The molecule has 4 aromatic rings. The van der Waals surface area contributed by atoms with E-state index >= 15 is 0 Å². The SMILES string of the molecule is Cc1cc(C(C)(C)C)cc(C=Nc2cccc3cccc(N=Cc4cc(C(C)(C)C)cc(C)c4O)c23)c1O. The van der Waals surface area contributed by atoms with E-state index in [1.807, 2.05) is 74.5 Å². The highest BCUT2D eigenvalue weighted by molar-refractivity contribution is 6.04. The van der Waals surface area contributed by atoms with Gasteiger partial charge in [0.2, 0.25) is 0 Å². The van der Waals surface area contributed by atoms with Gasteiger partial charge in [0.1, 0.15) is 11.5 Å². The fraction of sp³-hybridized carbons (Fsp3) is 0.294. The van der Waals surface area contributed by atoms with E-state index in [1.54, 1.807) is 12.4 Å². The number of nitrogens with zero attached hydrogens (tertiary/aromatic N) is 2. The minimum atomic E-state index is -0.0451. The van der Waals surface area contributed by atoms with Crippen molar-refractivity contribution in [3.8, 4) is 11.5 Å². The molecule has 0 radical (unpaired) electrons. The third kappa shape index (κ3) is 5.65. The molecule has 4 rings (SSSR count). The highest BCUT2D eigenvalue weighted by Crippen LogP contribution is 2.36. The monoisotopic (exact) mass is 506 g/mol. The van der Waals surface area contributed by atoms with Gasteiger partial charge in [-0.3, -0.25) is 9.98 Å². The molecule has 4 nitrogen and oxygen atoms in total. The normalized spacial score (nSPS) is 12.7. The Hall–Kier alpha value is -3.92. The van der Waals surface area contributed by atoms with Gasteiger partial charge in [0.05, 0.1) is 11.4 Å². The molecule has 0 fully saturated rings. The van der Waals surface area contributed by atoms with Gasteiger partial charge in [-0.1, -0.05) is 77.9 Å². The van der Waals surface area contributed by atoms with Crippen LogP contribution in [0.4, 0.5) is 11.4 Å². The average Bonchev–Trinajstić information content (AvgIpc) is 2.84. The molecule has 0 aliphatic rings. The summed E-state index contributed by atoms with van der Waals surface area (Å²) in [6, 6.07) is 20.0. The Bertz CT molecular complexity index is 1450. The maximum Gasteiger partial charge on any atom is 0.127 e. The Balaban J connectivity index is 1.80. The van der Waals surface area contributed by atoms with E-state index in [0.29, 0.717) is 11.1 Å². The molecule has 4 aromatic carbocycles. The number of fused-ring (bicyclic) bond motifs is 1. The molecule has 0 bridgehead atoms. The molecular weight excluding hydrogens is 468 g/mol. The predicted molar refractivity (Wildman–Crippen MR) is 162 cm³/mol. The van der Waals surface area contributed by atoms with E-state index in [1.165, 1.54) is 0 Å². The highest BCUT2D eigenvalue weighted by atomic mass is 16.3. The number of hydrogen-bond donors (Lipinski definition) is 2. The average molecular weight is 507 g/mol. The highest BCUT2D eigenvalue weighted by Gasteiger charge is 2.18. The first-order chi connectivity index (χ1) is 17.8. The molecule has 38 heavy (non-hydrogen) atoms. The van der Waals surface area contributed by atoms with E-state index in [0.717, 1.165) is 44.4 Å². The molecule has 2 N–H and O–H groups in total. The van der Waals surface area contributed by atoms with Crippen LogP contribution in [0.3, 0.4) is 0 Å². The topological polar surface area (TPSA) is 65.2 Å². The summed E-state index contributed by atoms with van der Waals surface area (Å²) >= 11 is 0. The zero-order valence-corrected chi connectivity index (χ0v) is 23.7. The zero-order valence-electron chi connectivity index (χ0n) is 23.7. The number of aromatic hydroxyl groups is 2. The molecule has 0 amide bonds. The van der Waals surface area contributed by atoms with Gasteiger partial charge >= 0.3 is 0 Å². The van der Waals surface area contributed by atoms with E-state index in [-0.39, 0.29) is 22.3 Å². The second kappa shape index (κ2) is 10.1. The van der Waals surface area contributed by atoms with Gasteiger partial charge in [-0.2, -0.15) is 0 Å². The van der Waals surface area contributed by atoms with Crippen LogP contribution in [0.1, 0.15) is 74.9 Å². The van der Waals surface area contributed by atoms with Crippen molar-refractivity contribution in [3.05, 3.63) is 94.0 Å². The molecule has 0 aliphatic heterocycles. The Morgan fingerprint density at radius 3 is 1.37 bits per heavy atom. The van der Waals surface area contributed by atoms with Crippen LogP contribution in [-0.4, -0.2) is 22.6 Å². The number of rotatable bonds is 4. The minimum absolute atomic E-state index is 0.0451. The van der Waals surface area contributed by atoms with Crippen LogP contribution in [0.5, 0.6) is 11.5 Å². The molecule has 0 saturated carbocycles. The quantitative estimate of drug-likeness (QED) is 0.271. The first-order valence-electron chi connectivity index (χ1n) is 13.0. The van der Waals surface area contributed by atoms with Crippen LogP contribution in [-0.2, 0) is 10.8 Å². The molecule has 0 heterocycles. The number of phenolic OH excluding ortho intramolecular Hbond substituents is 2. The lowest BCUT2D eigenvalue weighted by molar-refractivity contribution is 0.468. The first kappa shape index (κ1) is 27.1. The standard InChI is InChI=1S/C34H38N2O2/c1-21-15-26(33(3,4)5)17-24(31(21)37)19-35-28-13-9-11-23-12-10-14-29(30(23)28)36-20-25-18-27(34(6,7)8)16-22(2)32(25)38/h9-20,37-38H,1-8H3. The number of aliphatic imine (C=N–C) groups is 2. The Kier molecular flexibility index (Phi) is 7.20. The van der Waals surface area contributed by atoms with Gasteiger partial charge < -0.3 is 10.2 Å². The van der Waals surface area contributed by atoms with Crippen LogP contribution < -0.4 is 0 Å². The number of hydrogen-bond acceptors (Lipinski definition) is 4. The fourth-order valence-electron chi connectivity index (χ4n) is 4.47. The Morgan fingerprint density at radius 1 is 0.605 bits per heavy atom. The summed E-state index contributed by atoms with van der Waals surface area (Å²) in [5.41, 5.74) is 6.75. The molecule has 0 unspecified atom stereocenters. The van der Waals surface area contributed by atoms with Gasteiger partial charge in [0, 0.05) is 28.9 Å². The van der Waals surface area contributed by atoms with Crippen LogP contribution >= 0.6 is 0 Å². The minimum Gasteiger partial charge on any atom is -0.507 e. The van der Waals surface area contributed by atoms with Crippen LogP contribution in [0.15, 0.2) is 70.6 Å². The van der Waals surface area contributed by atoms with Gasteiger partial charge in [0.25, 0.3) is 0 Å². The summed E-state index contributed by atoms with van der Waals surface area (Å²) < 4.78 is 0. The van der Waals surface area contributed by atoms with Gasteiger partial charge in [0.15, 0.2) is 0 Å². The zero-order chi connectivity index (χ0) is 27.8. The van der Waals surface area contributed by atoms with Gasteiger partial charge in [-0.15, -0.1) is 0 Å². The van der Waals surface area contributed by atoms with Crippen molar-refractivity contribution >= 4 is 34.6 Å². The molecule has 4 heteroatoms. The Labute approximate surface area is 226 Å². The largest absolute Gasteiger partial charge is 0.507 e. The third-order valence-corrected chi connectivity index (χ3v) is 6.94. The summed E-state index contributed by atoms with van der Waals surface area (Å²) in [5, 5.41) is 23.4. The predicted octanol–water partition coefficient (Wildman–Crippen LogP) is 8.96. The molecule has 0 aromatic heterocycles. The summed E-state index contributed by atoms with van der Waals surface area (Å²) in [4.78, 5) is 9.63. The molecule has 0 saturated heterocycles. The maximum atomic E-state index is 10.7. The lowest BCUT2D eigenvalue weighted by atomic mass is 9.85. The molecule has 0 atom stereocenters. The maximum absolute atomic E-state index is 10.7. The van der Waals surface area contributed by atoms with E-state index in [2.05, 4.69) is 41.5 Å². The van der Waals surface area contributed by atoms with Crippen molar-refractivity contribution in [3.63, 3.8) is 0 Å². The first-order valence-corrected chi connectivity index (χ1v) is 13.0. The van der Waals surface area contributed by atoms with Crippen molar-refractivity contribution < 1.29 is 10.2 Å². The second-order valence-electron chi connectivity index (χ2n) is 12.1. The lowest BCUT2D eigenvalue weighted by Gasteiger charge is -2.21. The van der Waals surface area contributed by atoms with Crippen molar-refractivity contribution in [1.82, 2.24) is 0 Å². The van der Waals surface area contributed by atoms with E-state index in [4.69, 9.17) is 9.98 Å². The van der Waals surface area contributed by atoms with Crippen LogP contribution in [0.25, 0.3) is 10.8 Å². The number of aryl methyl sites for hydroxylation is 2.